The van der Waals surface area contributed by atoms with Crippen molar-refractivity contribution < 1.29 is 9.53 Å². The van der Waals surface area contributed by atoms with E-state index in [0.717, 1.165) is 18.8 Å². The number of esters is 1. The highest BCUT2D eigenvalue weighted by Crippen LogP contribution is 2.27. The zero-order valence-electron chi connectivity index (χ0n) is 12.9. The summed E-state index contributed by atoms with van der Waals surface area (Å²) in [6.45, 7) is 1.53. The number of nitrogens with two attached hydrogens (primary N) is 1. The average Bonchev–Trinajstić information content (AvgIpc) is 2.54. The molecule has 0 bridgehead atoms. The first kappa shape index (κ1) is 15.9. The van der Waals surface area contributed by atoms with Crippen LogP contribution in [0.25, 0.3) is 0 Å². The van der Waals surface area contributed by atoms with Gasteiger partial charge in [0.15, 0.2) is 0 Å². The standard InChI is InChI=1S/C16H25N3O2/c1-19(15-6-4-3-5-12(15)9-17)11-14-8-7-13(10-18-14)16(20)21-2/h7-8,10,12,15H,3-6,9,11,17H2,1-2H3. The molecule has 116 valence electrons. The number of hydrogen-bond donors (Lipinski definition) is 1. The van der Waals surface area contributed by atoms with Crippen molar-refractivity contribution in [1.82, 2.24) is 9.88 Å². The van der Waals surface area contributed by atoms with Crippen LogP contribution in [-0.4, -0.2) is 42.6 Å². The van der Waals surface area contributed by atoms with E-state index < -0.39 is 0 Å². The van der Waals surface area contributed by atoms with Crippen LogP contribution in [-0.2, 0) is 11.3 Å². The lowest BCUT2D eigenvalue weighted by molar-refractivity contribution is 0.0600. The number of pyridine rings is 1. The predicted molar refractivity (Wildman–Crippen MR) is 81.8 cm³/mol. The minimum atomic E-state index is -0.349. The average molecular weight is 291 g/mol. The maximum absolute atomic E-state index is 11.4. The van der Waals surface area contributed by atoms with Crippen molar-refractivity contribution in [1.29, 1.82) is 0 Å². The molecule has 2 rings (SSSR count). The molecule has 0 saturated heterocycles. The fourth-order valence-corrected chi connectivity index (χ4v) is 3.17. The van der Waals surface area contributed by atoms with Gasteiger partial charge >= 0.3 is 5.97 Å². The summed E-state index contributed by atoms with van der Waals surface area (Å²) >= 11 is 0. The molecule has 1 heterocycles. The number of ether oxygens (including phenoxy) is 1. The van der Waals surface area contributed by atoms with Gasteiger partial charge in [-0.15, -0.1) is 0 Å². The van der Waals surface area contributed by atoms with E-state index in [2.05, 4.69) is 21.7 Å². The summed E-state index contributed by atoms with van der Waals surface area (Å²) < 4.78 is 4.68. The lowest BCUT2D eigenvalue weighted by Gasteiger charge is -2.37. The zero-order chi connectivity index (χ0) is 15.2. The van der Waals surface area contributed by atoms with Gasteiger partial charge in [-0.3, -0.25) is 9.88 Å². The van der Waals surface area contributed by atoms with Gasteiger partial charge in [-0.05, 0) is 44.5 Å². The second kappa shape index (κ2) is 7.52. The second-order valence-electron chi connectivity index (χ2n) is 5.79. The number of nitrogens with zero attached hydrogens (tertiary/aromatic N) is 2. The summed E-state index contributed by atoms with van der Waals surface area (Å²) in [7, 11) is 3.51. The Morgan fingerprint density at radius 1 is 1.43 bits per heavy atom. The van der Waals surface area contributed by atoms with Crippen LogP contribution in [0.5, 0.6) is 0 Å². The van der Waals surface area contributed by atoms with Gasteiger partial charge in [0.25, 0.3) is 0 Å². The van der Waals surface area contributed by atoms with E-state index in [1.54, 1.807) is 12.3 Å². The van der Waals surface area contributed by atoms with Crippen LogP contribution < -0.4 is 5.73 Å². The second-order valence-corrected chi connectivity index (χ2v) is 5.79. The van der Waals surface area contributed by atoms with E-state index in [-0.39, 0.29) is 5.97 Å². The monoisotopic (exact) mass is 291 g/mol. The highest BCUT2D eigenvalue weighted by Gasteiger charge is 2.27. The maximum Gasteiger partial charge on any atom is 0.339 e. The van der Waals surface area contributed by atoms with Gasteiger partial charge in [-0.25, -0.2) is 4.79 Å². The van der Waals surface area contributed by atoms with E-state index >= 15 is 0 Å². The number of carbonyl (C=O) groups excluding carboxylic acids is 1. The molecular weight excluding hydrogens is 266 g/mol. The lowest BCUT2D eigenvalue weighted by atomic mass is 9.83. The normalized spacial score (nSPS) is 22.3. The Morgan fingerprint density at radius 3 is 2.81 bits per heavy atom. The summed E-state index contributed by atoms with van der Waals surface area (Å²) in [5.41, 5.74) is 7.35. The molecule has 0 spiro atoms. The van der Waals surface area contributed by atoms with Crippen molar-refractivity contribution in [3.05, 3.63) is 29.6 Å². The molecule has 0 amide bonds. The van der Waals surface area contributed by atoms with Crippen LogP contribution in [0.4, 0.5) is 0 Å². The fourth-order valence-electron chi connectivity index (χ4n) is 3.17. The highest BCUT2D eigenvalue weighted by atomic mass is 16.5. The molecule has 2 N–H and O–H groups in total. The van der Waals surface area contributed by atoms with Crippen molar-refractivity contribution in [2.45, 2.75) is 38.3 Å². The van der Waals surface area contributed by atoms with Crippen LogP contribution in [0.3, 0.4) is 0 Å². The molecule has 1 saturated carbocycles. The molecule has 2 atom stereocenters. The molecule has 1 aliphatic rings. The Labute approximate surface area is 126 Å². The molecule has 5 heteroatoms. The van der Waals surface area contributed by atoms with Crippen molar-refractivity contribution in [2.24, 2.45) is 11.7 Å². The third-order valence-electron chi connectivity index (χ3n) is 4.40. The van der Waals surface area contributed by atoms with Crippen LogP contribution >= 0.6 is 0 Å². The minimum absolute atomic E-state index is 0.349. The summed E-state index contributed by atoms with van der Waals surface area (Å²) in [5, 5.41) is 0. The molecule has 1 aromatic heterocycles. The van der Waals surface area contributed by atoms with Crippen LogP contribution in [0.15, 0.2) is 18.3 Å². The van der Waals surface area contributed by atoms with Crippen LogP contribution in [0.1, 0.15) is 41.7 Å². The van der Waals surface area contributed by atoms with Gasteiger partial charge in [-0.1, -0.05) is 12.8 Å². The maximum atomic E-state index is 11.4. The first-order chi connectivity index (χ1) is 10.2. The molecule has 21 heavy (non-hydrogen) atoms. The van der Waals surface area contributed by atoms with Crippen LogP contribution in [0, 0.1) is 5.92 Å². The summed E-state index contributed by atoms with van der Waals surface area (Å²) in [6, 6.07) is 4.19. The Kier molecular flexibility index (Phi) is 5.70. The molecular formula is C16H25N3O2. The SMILES string of the molecule is COC(=O)c1ccc(CN(C)C2CCCCC2CN)nc1. The highest BCUT2D eigenvalue weighted by molar-refractivity contribution is 5.88. The number of aromatic nitrogens is 1. The number of hydrogen-bond acceptors (Lipinski definition) is 5. The molecule has 5 nitrogen and oxygen atoms in total. The van der Waals surface area contributed by atoms with Crippen molar-refractivity contribution in [3.63, 3.8) is 0 Å². The van der Waals surface area contributed by atoms with Gasteiger partial charge in [0, 0.05) is 18.8 Å². The molecule has 0 radical (unpaired) electrons. The summed E-state index contributed by atoms with van der Waals surface area (Å²) in [4.78, 5) is 18.1. The van der Waals surface area contributed by atoms with Gasteiger partial charge in [-0.2, -0.15) is 0 Å². The Hall–Kier alpha value is -1.46. The minimum Gasteiger partial charge on any atom is -0.465 e. The summed E-state index contributed by atoms with van der Waals surface area (Å²) in [6.07, 6.45) is 6.58. The smallest absolute Gasteiger partial charge is 0.339 e. The van der Waals surface area contributed by atoms with E-state index in [4.69, 9.17) is 5.73 Å². The quantitative estimate of drug-likeness (QED) is 0.838. The zero-order valence-corrected chi connectivity index (χ0v) is 12.9. The Morgan fingerprint density at radius 2 is 2.19 bits per heavy atom. The topological polar surface area (TPSA) is 68.5 Å². The molecule has 2 unspecified atom stereocenters. The van der Waals surface area contributed by atoms with Gasteiger partial charge in [0.1, 0.15) is 0 Å². The molecule has 1 aromatic rings. The number of methoxy groups -OCH3 is 1. The van der Waals surface area contributed by atoms with E-state index in [9.17, 15) is 4.79 Å². The molecule has 0 aliphatic heterocycles. The van der Waals surface area contributed by atoms with Gasteiger partial charge < -0.3 is 10.5 Å². The third kappa shape index (κ3) is 4.02. The van der Waals surface area contributed by atoms with Crippen molar-refractivity contribution in [3.8, 4) is 0 Å². The first-order valence-corrected chi connectivity index (χ1v) is 7.59. The third-order valence-corrected chi connectivity index (χ3v) is 4.40. The lowest BCUT2D eigenvalue weighted by Crippen LogP contribution is -2.42. The molecule has 1 aliphatic carbocycles. The van der Waals surface area contributed by atoms with Crippen molar-refractivity contribution in [2.75, 3.05) is 20.7 Å². The van der Waals surface area contributed by atoms with Gasteiger partial charge in [0.05, 0.1) is 18.4 Å². The molecule has 0 aromatic carbocycles. The van der Waals surface area contributed by atoms with Crippen LogP contribution in [0.2, 0.25) is 0 Å². The van der Waals surface area contributed by atoms with Gasteiger partial charge in [0.2, 0.25) is 0 Å². The van der Waals surface area contributed by atoms with E-state index in [1.165, 1.54) is 32.8 Å². The Balaban J connectivity index is 1.98. The predicted octanol–water partition coefficient (Wildman–Crippen LogP) is 1.82. The first-order valence-electron chi connectivity index (χ1n) is 7.59. The Bertz CT molecular complexity index is 461. The number of carbonyl (C=O) groups is 1. The summed E-state index contributed by atoms with van der Waals surface area (Å²) in [5.74, 6) is 0.232. The molecule has 1 fully saturated rings. The fraction of sp³-hybridized carbons (Fsp3) is 0.625. The number of rotatable bonds is 5. The van der Waals surface area contributed by atoms with E-state index in [0.29, 0.717) is 17.5 Å². The van der Waals surface area contributed by atoms with E-state index in [1.807, 2.05) is 6.07 Å². The largest absolute Gasteiger partial charge is 0.465 e. The van der Waals surface area contributed by atoms with Crippen molar-refractivity contribution >= 4 is 5.97 Å².